The van der Waals surface area contributed by atoms with Crippen LogP contribution in [0.25, 0.3) is 10.9 Å². The second-order valence-electron chi connectivity index (χ2n) is 10.4. The van der Waals surface area contributed by atoms with E-state index in [1.807, 2.05) is 68.4 Å². The van der Waals surface area contributed by atoms with Crippen LogP contribution in [0, 0.1) is 5.92 Å². The summed E-state index contributed by atoms with van der Waals surface area (Å²) >= 11 is 0. The van der Waals surface area contributed by atoms with Gasteiger partial charge in [0.2, 0.25) is 17.7 Å². The third-order valence-electron chi connectivity index (χ3n) is 7.25. The number of carboxylic acid groups (broad SMARTS) is 1. The van der Waals surface area contributed by atoms with Crippen molar-refractivity contribution in [1.82, 2.24) is 20.9 Å². The van der Waals surface area contributed by atoms with Crippen molar-refractivity contribution in [2.24, 2.45) is 11.7 Å². The topological polar surface area (TPSA) is 187 Å². The second kappa shape index (κ2) is 14.4. The minimum Gasteiger partial charge on any atom is -0.480 e. The molecule has 220 valence electrons. The molecule has 8 N–H and O–H groups in total. The molecule has 0 fully saturated rings. The standard InChI is InChI=1S/C30H39N5O6/c1-4-17(2)25(31)29(39)34-23(14-19-10-6-5-7-11-19)27(37)33-24(28(38)35-26(18(3)36)30(40)41)15-20-16-32-22-13-9-8-12-21(20)22/h5-13,16-18,23-26,32,36H,4,14-15,31H2,1-3H3,(H,33,37)(H,34,39)(H,35,38)(H,40,41). The lowest BCUT2D eigenvalue weighted by Gasteiger charge is -2.26. The Morgan fingerprint density at radius 3 is 2.07 bits per heavy atom. The number of benzene rings is 2. The zero-order chi connectivity index (χ0) is 30.1. The molecule has 6 unspecified atom stereocenters. The first-order valence-corrected chi connectivity index (χ1v) is 13.7. The van der Waals surface area contributed by atoms with Crippen molar-refractivity contribution in [2.45, 2.75) is 70.3 Å². The summed E-state index contributed by atoms with van der Waals surface area (Å²) in [5.74, 6) is -3.46. The van der Waals surface area contributed by atoms with Gasteiger partial charge in [-0.1, -0.05) is 68.8 Å². The van der Waals surface area contributed by atoms with Crippen molar-refractivity contribution < 1.29 is 29.4 Å². The molecule has 11 heteroatoms. The molecule has 2 aromatic carbocycles. The fraction of sp³-hybridized carbons (Fsp3) is 0.400. The summed E-state index contributed by atoms with van der Waals surface area (Å²) in [6, 6.07) is 11.8. The number of aliphatic hydroxyl groups is 1. The zero-order valence-corrected chi connectivity index (χ0v) is 23.5. The first-order chi connectivity index (χ1) is 19.5. The Balaban J connectivity index is 1.91. The van der Waals surface area contributed by atoms with E-state index < -0.39 is 54.0 Å². The highest BCUT2D eigenvalue weighted by Crippen LogP contribution is 2.19. The number of hydrogen-bond donors (Lipinski definition) is 7. The Labute approximate surface area is 238 Å². The summed E-state index contributed by atoms with van der Waals surface area (Å²) < 4.78 is 0. The number of hydrogen-bond acceptors (Lipinski definition) is 6. The van der Waals surface area contributed by atoms with Crippen LogP contribution in [0.15, 0.2) is 60.8 Å². The van der Waals surface area contributed by atoms with Gasteiger partial charge >= 0.3 is 5.97 Å². The minimum atomic E-state index is -1.58. The number of aliphatic carboxylic acids is 1. The maximum atomic E-state index is 13.7. The normalized spacial score (nSPS) is 15.6. The number of rotatable bonds is 14. The van der Waals surface area contributed by atoms with E-state index in [4.69, 9.17) is 5.73 Å². The number of carbonyl (C=O) groups excluding carboxylic acids is 3. The maximum Gasteiger partial charge on any atom is 0.328 e. The molecule has 0 spiro atoms. The molecule has 0 saturated heterocycles. The molecule has 41 heavy (non-hydrogen) atoms. The quantitative estimate of drug-likeness (QED) is 0.153. The summed E-state index contributed by atoms with van der Waals surface area (Å²) in [7, 11) is 0. The van der Waals surface area contributed by atoms with E-state index in [2.05, 4.69) is 20.9 Å². The van der Waals surface area contributed by atoms with Crippen molar-refractivity contribution in [3.8, 4) is 0 Å². The highest BCUT2D eigenvalue weighted by Gasteiger charge is 2.33. The van der Waals surface area contributed by atoms with Gasteiger partial charge in [-0.15, -0.1) is 0 Å². The summed E-state index contributed by atoms with van der Waals surface area (Å²) in [5.41, 5.74) is 8.45. The fourth-order valence-electron chi connectivity index (χ4n) is 4.48. The van der Waals surface area contributed by atoms with Gasteiger partial charge in [-0.3, -0.25) is 14.4 Å². The van der Waals surface area contributed by atoms with Crippen molar-refractivity contribution in [3.05, 3.63) is 71.9 Å². The number of nitrogens with one attached hydrogen (secondary N) is 4. The number of para-hydroxylation sites is 1. The lowest BCUT2D eigenvalue weighted by atomic mass is 9.98. The summed E-state index contributed by atoms with van der Waals surface area (Å²) in [6.45, 7) is 5.01. The van der Waals surface area contributed by atoms with Gasteiger partial charge in [0, 0.05) is 29.9 Å². The lowest BCUT2D eigenvalue weighted by molar-refractivity contribution is -0.145. The van der Waals surface area contributed by atoms with E-state index in [1.54, 1.807) is 6.20 Å². The molecule has 6 atom stereocenters. The number of fused-ring (bicyclic) bond motifs is 1. The minimum absolute atomic E-state index is 0.0200. The average molecular weight is 566 g/mol. The van der Waals surface area contributed by atoms with Gasteiger partial charge in [-0.05, 0) is 30.0 Å². The lowest BCUT2D eigenvalue weighted by Crippen LogP contribution is -2.59. The molecule has 1 aromatic heterocycles. The summed E-state index contributed by atoms with van der Waals surface area (Å²) in [6.07, 6.45) is 1.16. The van der Waals surface area contributed by atoms with Gasteiger partial charge in [-0.25, -0.2) is 4.79 Å². The number of amides is 3. The number of nitrogens with two attached hydrogens (primary N) is 1. The Morgan fingerprint density at radius 1 is 0.854 bits per heavy atom. The van der Waals surface area contributed by atoms with Gasteiger partial charge in [0.15, 0.2) is 6.04 Å². The molecule has 0 saturated carbocycles. The monoisotopic (exact) mass is 565 g/mol. The van der Waals surface area contributed by atoms with Gasteiger partial charge in [0.25, 0.3) is 0 Å². The molecule has 0 aliphatic rings. The van der Waals surface area contributed by atoms with Crippen LogP contribution in [0.3, 0.4) is 0 Å². The first kappa shape index (κ1) is 31.3. The van der Waals surface area contributed by atoms with Gasteiger partial charge in [0.05, 0.1) is 12.1 Å². The molecule has 3 amide bonds. The Morgan fingerprint density at radius 2 is 1.44 bits per heavy atom. The Bertz CT molecular complexity index is 1340. The van der Waals surface area contributed by atoms with E-state index in [-0.39, 0.29) is 18.8 Å². The molecule has 1 heterocycles. The highest BCUT2D eigenvalue weighted by atomic mass is 16.4. The zero-order valence-electron chi connectivity index (χ0n) is 23.5. The number of carbonyl (C=O) groups is 4. The fourth-order valence-corrected chi connectivity index (χ4v) is 4.48. The number of aliphatic hydroxyl groups excluding tert-OH is 1. The third-order valence-corrected chi connectivity index (χ3v) is 7.25. The Hall–Kier alpha value is -4.22. The van der Waals surface area contributed by atoms with Crippen molar-refractivity contribution >= 4 is 34.6 Å². The van der Waals surface area contributed by atoms with E-state index in [0.29, 0.717) is 12.0 Å². The van der Waals surface area contributed by atoms with Crippen molar-refractivity contribution in [3.63, 3.8) is 0 Å². The van der Waals surface area contributed by atoms with Crippen LogP contribution >= 0.6 is 0 Å². The smallest absolute Gasteiger partial charge is 0.328 e. The summed E-state index contributed by atoms with van der Waals surface area (Å²) in [4.78, 5) is 54.8. The Kier molecular flexibility index (Phi) is 11.0. The van der Waals surface area contributed by atoms with E-state index in [1.165, 1.54) is 6.92 Å². The molecule has 3 aromatic rings. The summed E-state index contributed by atoms with van der Waals surface area (Å²) in [5, 5.41) is 28.0. The van der Waals surface area contributed by atoms with E-state index in [0.717, 1.165) is 16.5 Å². The number of H-pyrrole nitrogens is 1. The van der Waals surface area contributed by atoms with Gasteiger partial charge in [0.1, 0.15) is 12.1 Å². The van der Waals surface area contributed by atoms with Gasteiger partial charge in [-0.2, -0.15) is 0 Å². The van der Waals surface area contributed by atoms with Gasteiger partial charge < -0.3 is 36.9 Å². The van der Waals surface area contributed by atoms with Crippen LogP contribution in [-0.4, -0.2) is 69.2 Å². The predicted molar refractivity (Wildman–Crippen MR) is 155 cm³/mol. The molecule has 0 aliphatic heterocycles. The van der Waals surface area contributed by atoms with Crippen LogP contribution in [0.2, 0.25) is 0 Å². The number of carboxylic acids is 1. The van der Waals surface area contributed by atoms with Crippen LogP contribution in [0.5, 0.6) is 0 Å². The predicted octanol–water partition coefficient (Wildman–Crippen LogP) is 1.25. The number of aromatic amines is 1. The van der Waals surface area contributed by atoms with Crippen LogP contribution in [-0.2, 0) is 32.0 Å². The van der Waals surface area contributed by atoms with Crippen LogP contribution in [0.4, 0.5) is 0 Å². The average Bonchev–Trinajstić information content (AvgIpc) is 3.36. The molecule has 0 bridgehead atoms. The van der Waals surface area contributed by atoms with E-state index in [9.17, 15) is 29.4 Å². The van der Waals surface area contributed by atoms with E-state index >= 15 is 0 Å². The molecular weight excluding hydrogens is 526 g/mol. The molecule has 11 nitrogen and oxygen atoms in total. The van der Waals surface area contributed by atoms with Crippen LogP contribution < -0.4 is 21.7 Å². The third kappa shape index (κ3) is 8.38. The largest absolute Gasteiger partial charge is 0.480 e. The molecular formula is C30H39N5O6. The van der Waals surface area contributed by atoms with Crippen molar-refractivity contribution in [1.29, 1.82) is 0 Å². The van der Waals surface area contributed by atoms with Crippen molar-refractivity contribution in [2.75, 3.05) is 0 Å². The molecule has 3 rings (SSSR count). The first-order valence-electron chi connectivity index (χ1n) is 13.7. The SMILES string of the molecule is CCC(C)C(N)C(=O)NC(Cc1ccccc1)C(=O)NC(Cc1c[nH]c2ccccc12)C(=O)NC(C(=O)O)C(C)O. The second-order valence-corrected chi connectivity index (χ2v) is 10.4. The molecule has 0 radical (unpaired) electrons. The number of aromatic nitrogens is 1. The highest BCUT2D eigenvalue weighted by molar-refractivity contribution is 5.95. The molecule has 0 aliphatic carbocycles. The van der Waals surface area contributed by atoms with Crippen LogP contribution in [0.1, 0.15) is 38.3 Å². The maximum absolute atomic E-state index is 13.7.